The second kappa shape index (κ2) is 5.76. The van der Waals surface area contributed by atoms with Gasteiger partial charge in [0.25, 0.3) is 0 Å². The molecule has 0 radical (unpaired) electrons. The molecule has 1 fully saturated rings. The van der Waals surface area contributed by atoms with Crippen LogP contribution < -0.4 is 5.32 Å². The molecule has 3 heterocycles. The van der Waals surface area contributed by atoms with Crippen molar-refractivity contribution in [3.8, 4) is 10.8 Å². The lowest BCUT2D eigenvalue weighted by molar-refractivity contribution is -0.133. The summed E-state index contributed by atoms with van der Waals surface area (Å²) in [7, 11) is 0. The Bertz CT molecular complexity index is 579. The van der Waals surface area contributed by atoms with Gasteiger partial charge in [-0.2, -0.15) is 0 Å². The molecule has 1 saturated heterocycles. The fourth-order valence-corrected chi connectivity index (χ4v) is 3.03. The van der Waals surface area contributed by atoms with E-state index < -0.39 is 0 Å². The van der Waals surface area contributed by atoms with Crippen molar-refractivity contribution in [2.45, 2.75) is 19.4 Å². The van der Waals surface area contributed by atoms with Crippen molar-refractivity contribution in [1.82, 2.24) is 15.2 Å². The zero-order chi connectivity index (χ0) is 13.9. The number of nitrogens with one attached hydrogen (secondary N) is 1. The maximum atomic E-state index is 12.3. The van der Waals surface area contributed by atoms with Crippen LogP contribution in [0.15, 0.2) is 28.2 Å². The Morgan fingerprint density at radius 3 is 3.30 bits per heavy atom. The van der Waals surface area contributed by atoms with Gasteiger partial charge in [-0.05, 0) is 18.4 Å². The Hall–Kier alpha value is -1.66. The van der Waals surface area contributed by atoms with Crippen molar-refractivity contribution in [1.29, 1.82) is 0 Å². The van der Waals surface area contributed by atoms with Crippen LogP contribution in [0.3, 0.4) is 0 Å². The topological polar surface area (TPSA) is 58.4 Å². The number of aromatic nitrogens is 1. The number of amides is 1. The predicted octanol–water partition coefficient (Wildman–Crippen LogP) is 1.77. The number of carbonyl (C=O) groups excluding carboxylic acids is 1. The molecule has 6 heteroatoms. The summed E-state index contributed by atoms with van der Waals surface area (Å²) < 4.78 is 5.44. The average Bonchev–Trinajstić information content (AvgIpc) is 3.09. The molecule has 0 spiro atoms. The number of carbonyl (C=O) groups is 1. The lowest BCUT2D eigenvalue weighted by Gasteiger charge is -2.33. The van der Waals surface area contributed by atoms with Gasteiger partial charge in [-0.15, -0.1) is 11.3 Å². The van der Waals surface area contributed by atoms with Crippen molar-refractivity contribution >= 4 is 17.2 Å². The first kappa shape index (κ1) is 13.3. The number of thiophene rings is 1. The zero-order valence-electron chi connectivity index (χ0n) is 11.3. The molecule has 1 aliphatic rings. The SMILES string of the molecule is C[C@@H]1CNCCN1C(=O)Cc1coc(-c2cccs2)n1. The smallest absolute Gasteiger partial charge is 0.236 e. The summed E-state index contributed by atoms with van der Waals surface area (Å²) in [5.74, 6) is 0.709. The average molecular weight is 291 g/mol. The molecule has 1 N–H and O–H groups in total. The molecule has 0 saturated carbocycles. The summed E-state index contributed by atoms with van der Waals surface area (Å²) in [6.45, 7) is 4.53. The molecule has 5 nitrogen and oxygen atoms in total. The third-order valence-corrected chi connectivity index (χ3v) is 4.30. The third kappa shape index (κ3) is 2.76. The first-order chi connectivity index (χ1) is 9.74. The molecule has 106 valence electrons. The standard InChI is InChI=1S/C14H17N3O2S/c1-10-8-15-4-5-17(10)13(18)7-11-9-19-14(16-11)12-3-2-6-20-12/h2-3,6,9-10,15H,4-5,7-8H2,1H3/t10-/m1/s1. The molecule has 1 atom stereocenters. The molecule has 0 bridgehead atoms. The molecule has 0 aromatic carbocycles. The minimum absolute atomic E-state index is 0.116. The lowest BCUT2D eigenvalue weighted by atomic mass is 10.2. The molecule has 1 aliphatic heterocycles. The second-order valence-electron chi connectivity index (χ2n) is 4.94. The van der Waals surface area contributed by atoms with Gasteiger partial charge in [0.1, 0.15) is 6.26 Å². The van der Waals surface area contributed by atoms with Gasteiger partial charge in [0.2, 0.25) is 11.8 Å². The van der Waals surface area contributed by atoms with E-state index in [0.29, 0.717) is 18.0 Å². The summed E-state index contributed by atoms with van der Waals surface area (Å²) in [5.41, 5.74) is 0.698. The van der Waals surface area contributed by atoms with Crippen molar-refractivity contribution < 1.29 is 9.21 Å². The van der Waals surface area contributed by atoms with Gasteiger partial charge in [0, 0.05) is 25.7 Å². The summed E-state index contributed by atoms with van der Waals surface area (Å²) in [6, 6.07) is 4.15. The van der Waals surface area contributed by atoms with Crippen LogP contribution in [-0.2, 0) is 11.2 Å². The Labute approximate surface area is 121 Å². The van der Waals surface area contributed by atoms with E-state index in [1.807, 2.05) is 22.4 Å². The van der Waals surface area contributed by atoms with E-state index in [1.165, 1.54) is 0 Å². The monoisotopic (exact) mass is 291 g/mol. The van der Waals surface area contributed by atoms with Crippen LogP contribution in [0.4, 0.5) is 0 Å². The van der Waals surface area contributed by atoms with Crippen LogP contribution in [0.1, 0.15) is 12.6 Å². The highest BCUT2D eigenvalue weighted by Crippen LogP contribution is 2.23. The molecule has 1 amide bonds. The number of nitrogens with zero attached hydrogens (tertiary/aromatic N) is 2. The van der Waals surface area contributed by atoms with Crippen LogP contribution in [-0.4, -0.2) is 41.5 Å². The second-order valence-corrected chi connectivity index (χ2v) is 5.89. The number of rotatable bonds is 3. The van der Waals surface area contributed by atoms with Crippen LogP contribution >= 0.6 is 11.3 Å². The van der Waals surface area contributed by atoms with E-state index in [2.05, 4.69) is 17.2 Å². The van der Waals surface area contributed by atoms with Crippen LogP contribution in [0.5, 0.6) is 0 Å². The van der Waals surface area contributed by atoms with Gasteiger partial charge >= 0.3 is 0 Å². The molecule has 0 unspecified atom stereocenters. The van der Waals surface area contributed by atoms with Gasteiger partial charge in [-0.1, -0.05) is 6.07 Å². The molecule has 0 aliphatic carbocycles. The first-order valence-electron chi connectivity index (χ1n) is 6.72. The minimum Gasteiger partial charge on any atom is -0.444 e. The summed E-state index contributed by atoms with van der Waals surface area (Å²) >= 11 is 1.58. The van der Waals surface area contributed by atoms with E-state index in [4.69, 9.17) is 4.42 Å². The highest BCUT2D eigenvalue weighted by atomic mass is 32.1. The quantitative estimate of drug-likeness (QED) is 0.936. The van der Waals surface area contributed by atoms with Gasteiger partial charge in [0.15, 0.2) is 0 Å². The number of hydrogen-bond donors (Lipinski definition) is 1. The van der Waals surface area contributed by atoms with E-state index in [9.17, 15) is 4.79 Å². The molecular formula is C14H17N3O2S. The number of oxazole rings is 1. The Morgan fingerprint density at radius 2 is 2.55 bits per heavy atom. The predicted molar refractivity (Wildman–Crippen MR) is 77.6 cm³/mol. The van der Waals surface area contributed by atoms with E-state index >= 15 is 0 Å². The van der Waals surface area contributed by atoms with Gasteiger partial charge in [-0.25, -0.2) is 4.98 Å². The van der Waals surface area contributed by atoms with Gasteiger partial charge < -0.3 is 14.6 Å². The Morgan fingerprint density at radius 1 is 1.65 bits per heavy atom. The molecule has 2 aromatic heterocycles. The molecule has 2 aromatic rings. The van der Waals surface area contributed by atoms with Crippen molar-refractivity contribution in [3.05, 3.63) is 29.5 Å². The first-order valence-corrected chi connectivity index (χ1v) is 7.60. The van der Waals surface area contributed by atoms with Gasteiger partial charge in [0.05, 0.1) is 17.0 Å². The lowest BCUT2D eigenvalue weighted by Crippen LogP contribution is -2.52. The van der Waals surface area contributed by atoms with E-state index in [-0.39, 0.29) is 11.9 Å². The minimum atomic E-state index is 0.116. The highest BCUT2D eigenvalue weighted by molar-refractivity contribution is 7.13. The van der Waals surface area contributed by atoms with E-state index in [0.717, 1.165) is 24.5 Å². The van der Waals surface area contributed by atoms with Crippen LogP contribution in [0.2, 0.25) is 0 Å². The van der Waals surface area contributed by atoms with E-state index in [1.54, 1.807) is 17.6 Å². The fourth-order valence-electron chi connectivity index (χ4n) is 2.37. The largest absolute Gasteiger partial charge is 0.444 e. The summed E-state index contributed by atoms with van der Waals surface area (Å²) in [5, 5.41) is 5.26. The van der Waals surface area contributed by atoms with Crippen molar-refractivity contribution in [2.24, 2.45) is 0 Å². The van der Waals surface area contributed by atoms with Crippen LogP contribution in [0.25, 0.3) is 10.8 Å². The summed E-state index contributed by atoms with van der Waals surface area (Å²) in [6.07, 6.45) is 1.89. The highest BCUT2D eigenvalue weighted by Gasteiger charge is 2.23. The summed E-state index contributed by atoms with van der Waals surface area (Å²) in [4.78, 5) is 19.6. The van der Waals surface area contributed by atoms with Crippen molar-refractivity contribution in [2.75, 3.05) is 19.6 Å². The Balaban J connectivity index is 1.67. The zero-order valence-corrected chi connectivity index (χ0v) is 12.2. The molecule has 3 rings (SSSR count). The number of piperazine rings is 1. The maximum absolute atomic E-state index is 12.3. The normalized spacial score (nSPS) is 19.2. The van der Waals surface area contributed by atoms with Crippen molar-refractivity contribution in [3.63, 3.8) is 0 Å². The third-order valence-electron chi connectivity index (χ3n) is 3.44. The molecule has 20 heavy (non-hydrogen) atoms. The number of hydrogen-bond acceptors (Lipinski definition) is 5. The maximum Gasteiger partial charge on any atom is 0.236 e. The van der Waals surface area contributed by atoms with Gasteiger partial charge in [-0.3, -0.25) is 4.79 Å². The van der Waals surface area contributed by atoms with Crippen LogP contribution in [0, 0.1) is 0 Å². The fraction of sp³-hybridized carbons (Fsp3) is 0.429. The molecular weight excluding hydrogens is 274 g/mol. The Kier molecular flexibility index (Phi) is 3.84.